The molecular formula is C5H11F3N2. The van der Waals surface area contributed by atoms with Gasteiger partial charge in [0.05, 0.1) is 6.54 Å². The summed E-state index contributed by atoms with van der Waals surface area (Å²) in [6.07, 6.45) is -2.53. The van der Waals surface area contributed by atoms with Crippen molar-refractivity contribution in [3.05, 3.63) is 0 Å². The molecule has 0 fully saturated rings. The van der Waals surface area contributed by atoms with Gasteiger partial charge in [-0.25, -0.2) is 13.2 Å². The highest BCUT2D eigenvalue weighted by atomic mass is 19.3. The summed E-state index contributed by atoms with van der Waals surface area (Å²) < 4.78 is 36.5. The van der Waals surface area contributed by atoms with Crippen LogP contribution in [0.3, 0.4) is 0 Å². The molecule has 0 heterocycles. The third kappa shape index (κ3) is 3.68. The lowest BCUT2D eigenvalue weighted by atomic mass is 10.1. The fraction of sp³-hybridized carbons (Fsp3) is 1.00. The Morgan fingerprint density at radius 2 is 1.80 bits per heavy atom. The van der Waals surface area contributed by atoms with Crippen LogP contribution in [-0.4, -0.2) is 25.2 Å². The molecule has 0 spiro atoms. The molecule has 0 rings (SSSR count). The third-order valence-corrected chi connectivity index (χ3v) is 1.07. The molecule has 4 N–H and O–H groups in total. The molecule has 0 aliphatic heterocycles. The number of nitrogens with two attached hydrogens (primary N) is 2. The van der Waals surface area contributed by atoms with Crippen molar-refractivity contribution in [2.75, 3.05) is 13.1 Å². The van der Waals surface area contributed by atoms with Crippen LogP contribution in [-0.2, 0) is 0 Å². The molecule has 0 radical (unpaired) electrons. The first-order chi connectivity index (χ1) is 4.52. The van der Waals surface area contributed by atoms with Gasteiger partial charge in [-0.15, -0.1) is 0 Å². The van der Waals surface area contributed by atoms with Crippen LogP contribution < -0.4 is 11.5 Å². The summed E-state index contributed by atoms with van der Waals surface area (Å²) >= 11 is 0. The highest BCUT2D eigenvalue weighted by Crippen LogP contribution is 2.19. The van der Waals surface area contributed by atoms with Gasteiger partial charge < -0.3 is 11.5 Å². The van der Waals surface area contributed by atoms with Crippen molar-refractivity contribution in [2.24, 2.45) is 11.5 Å². The number of halogens is 3. The molecular weight excluding hydrogens is 145 g/mol. The van der Waals surface area contributed by atoms with Crippen molar-refractivity contribution < 1.29 is 13.2 Å². The van der Waals surface area contributed by atoms with Gasteiger partial charge in [0.2, 0.25) is 0 Å². The molecule has 0 aliphatic rings. The van der Waals surface area contributed by atoms with E-state index in [9.17, 15) is 13.2 Å². The second-order valence-corrected chi connectivity index (χ2v) is 2.10. The van der Waals surface area contributed by atoms with Crippen LogP contribution in [0.25, 0.3) is 0 Å². The van der Waals surface area contributed by atoms with Gasteiger partial charge in [0.25, 0.3) is 5.92 Å². The monoisotopic (exact) mass is 156 g/mol. The molecule has 0 saturated heterocycles. The Bertz CT molecular complexity index is 96.9. The quantitative estimate of drug-likeness (QED) is 0.613. The predicted molar refractivity (Wildman–Crippen MR) is 32.6 cm³/mol. The zero-order valence-electron chi connectivity index (χ0n) is 5.49. The molecule has 0 aromatic heterocycles. The lowest BCUT2D eigenvalue weighted by Gasteiger charge is -2.14. The largest absolute Gasteiger partial charge is 0.328 e. The van der Waals surface area contributed by atoms with E-state index >= 15 is 0 Å². The molecule has 10 heavy (non-hydrogen) atoms. The van der Waals surface area contributed by atoms with Crippen molar-refractivity contribution in [2.45, 2.75) is 18.5 Å². The third-order valence-electron chi connectivity index (χ3n) is 1.07. The molecule has 0 aliphatic carbocycles. The molecule has 2 nitrogen and oxygen atoms in total. The van der Waals surface area contributed by atoms with E-state index in [1.807, 2.05) is 0 Å². The number of hydrogen-bond acceptors (Lipinski definition) is 2. The average Bonchev–Trinajstić information content (AvgIpc) is 1.87. The van der Waals surface area contributed by atoms with E-state index in [2.05, 4.69) is 5.73 Å². The van der Waals surface area contributed by atoms with Crippen LogP contribution in [0.1, 0.15) is 6.42 Å². The lowest BCUT2D eigenvalue weighted by molar-refractivity contribution is -0.0177. The molecule has 0 aromatic rings. The number of alkyl halides is 3. The smallest absolute Gasteiger partial charge is 0.262 e. The maximum atomic E-state index is 12.2. The van der Waals surface area contributed by atoms with Crippen molar-refractivity contribution >= 4 is 0 Å². The van der Waals surface area contributed by atoms with Gasteiger partial charge in [-0.3, -0.25) is 0 Å². The molecule has 1 atom stereocenters. The Balaban J connectivity index is 3.64. The number of hydrogen-bond donors (Lipinski definition) is 2. The Hall–Kier alpha value is -0.290. The van der Waals surface area contributed by atoms with Crippen LogP contribution in [0.2, 0.25) is 0 Å². The Kier molecular flexibility index (Phi) is 3.67. The molecule has 0 aromatic carbocycles. The summed E-state index contributed by atoms with van der Waals surface area (Å²) in [4.78, 5) is 0. The van der Waals surface area contributed by atoms with Crippen LogP contribution in [0.15, 0.2) is 0 Å². The highest BCUT2D eigenvalue weighted by Gasteiger charge is 2.30. The zero-order chi connectivity index (χ0) is 8.20. The summed E-state index contributed by atoms with van der Waals surface area (Å²) in [5, 5.41) is 0. The van der Waals surface area contributed by atoms with E-state index in [0.29, 0.717) is 0 Å². The van der Waals surface area contributed by atoms with Gasteiger partial charge in [-0.05, 0) is 0 Å². The van der Waals surface area contributed by atoms with Gasteiger partial charge >= 0.3 is 0 Å². The van der Waals surface area contributed by atoms with E-state index in [1.54, 1.807) is 0 Å². The summed E-state index contributed by atoms with van der Waals surface area (Å²) in [6, 6.07) is 0. The van der Waals surface area contributed by atoms with Gasteiger partial charge in [-0.1, -0.05) is 0 Å². The van der Waals surface area contributed by atoms with Gasteiger partial charge in [0.1, 0.15) is 6.17 Å². The maximum absolute atomic E-state index is 12.2. The highest BCUT2D eigenvalue weighted by molar-refractivity contribution is 4.72. The molecule has 0 saturated carbocycles. The maximum Gasteiger partial charge on any atom is 0.262 e. The van der Waals surface area contributed by atoms with Gasteiger partial charge in [0.15, 0.2) is 0 Å². The van der Waals surface area contributed by atoms with Crippen LogP contribution in [0.4, 0.5) is 13.2 Å². The van der Waals surface area contributed by atoms with Gasteiger partial charge in [0, 0.05) is 13.0 Å². The summed E-state index contributed by atoms with van der Waals surface area (Å²) in [7, 11) is 0. The molecule has 5 heteroatoms. The van der Waals surface area contributed by atoms with E-state index < -0.39 is 25.1 Å². The van der Waals surface area contributed by atoms with Gasteiger partial charge in [-0.2, -0.15) is 0 Å². The topological polar surface area (TPSA) is 52.0 Å². The Morgan fingerprint density at radius 1 is 1.30 bits per heavy atom. The van der Waals surface area contributed by atoms with E-state index in [1.165, 1.54) is 0 Å². The van der Waals surface area contributed by atoms with Crippen molar-refractivity contribution in [1.82, 2.24) is 0 Å². The first-order valence-corrected chi connectivity index (χ1v) is 2.94. The fourth-order valence-electron chi connectivity index (χ4n) is 0.491. The van der Waals surface area contributed by atoms with Crippen LogP contribution in [0.5, 0.6) is 0 Å². The van der Waals surface area contributed by atoms with E-state index in [0.717, 1.165) is 0 Å². The van der Waals surface area contributed by atoms with Crippen molar-refractivity contribution in [3.8, 4) is 0 Å². The van der Waals surface area contributed by atoms with Crippen molar-refractivity contribution in [3.63, 3.8) is 0 Å². The Labute approximate surface area is 57.4 Å². The van der Waals surface area contributed by atoms with Crippen LogP contribution >= 0.6 is 0 Å². The second-order valence-electron chi connectivity index (χ2n) is 2.10. The first kappa shape index (κ1) is 9.71. The fourth-order valence-corrected chi connectivity index (χ4v) is 0.491. The van der Waals surface area contributed by atoms with E-state index in [4.69, 9.17) is 5.73 Å². The minimum Gasteiger partial charge on any atom is -0.328 e. The minimum absolute atomic E-state index is 0.379. The molecule has 0 amide bonds. The zero-order valence-corrected chi connectivity index (χ0v) is 5.49. The number of rotatable bonds is 4. The second kappa shape index (κ2) is 3.78. The standard InChI is InChI=1S/C5H11F3N2/c6-4(2-9)1-5(7,8)3-10/h4H,1-3,9-10H2. The summed E-state index contributed by atoms with van der Waals surface area (Å²) in [5.74, 6) is -3.11. The predicted octanol–water partition coefficient (Wildman–Crippen LogP) is 0.267. The van der Waals surface area contributed by atoms with Crippen molar-refractivity contribution in [1.29, 1.82) is 0 Å². The van der Waals surface area contributed by atoms with Crippen LogP contribution in [0, 0.1) is 0 Å². The van der Waals surface area contributed by atoms with E-state index in [-0.39, 0.29) is 6.54 Å². The molecule has 62 valence electrons. The lowest BCUT2D eigenvalue weighted by Crippen LogP contribution is -2.33. The first-order valence-electron chi connectivity index (χ1n) is 2.94. The Morgan fingerprint density at radius 3 is 2.10 bits per heavy atom. The summed E-state index contributed by atoms with van der Waals surface area (Å²) in [5.41, 5.74) is 9.44. The summed E-state index contributed by atoms with van der Waals surface area (Å²) in [6.45, 7) is -1.21. The molecule has 0 bridgehead atoms. The SMILES string of the molecule is NCC(F)CC(F)(F)CN. The molecule has 1 unspecified atom stereocenters. The minimum atomic E-state index is -3.11. The normalized spacial score (nSPS) is 15.3. The average molecular weight is 156 g/mol.